The number of hydrogen-bond donors (Lipinski definition) is 0. The van der Waals surface area contributed by atoms with Crippen molar-refractivity contribution in [3.63, 3.8) is 0 Å². The van der Waals surface area contributed by atoms with Crippen LogP contribution in [0.4, 0.5) is 0 Å². The van der Waals surface area contributed by atoms with Crippen LogP contribution in [0.3, 0.4) is 0 Å². The van der Waals surface area contributed by atoms with Crippen LogP contribution in [0, 0.1) is 0 Å². The van der Waals surface area contributed by atoms with Crippen LogP contribution in [0.15, 0.2) is 54.6 Å². The Labute approximate surface area is 138 Å². The molecule has 3 nitrogen and oxygen atoms in total. The molecule has 3 heteroatoms. The molecule has 0 spiro atoms. The molecule has 0 aromatic heterocycles. The molecular weight excluding hydrogens is 286 g/mol. The molecular formula is C20H25NO2. The quantitative estimate of drug-likeness (QED) is 0.690. The lowest BCUT2D eigenvalue weighted by molar-refractivity contribution is 0.205. The summed E-state index contributed by atoms with van der Waals surface area (Å²) in [7, 11) is 0. The zero-order chi connectivity index (χ0) is 15.7. The summed E-state index contributed by atoms with van der Waals surface area (Å²) in [5.74, 6) is 2.59. The summed E-state index contributed by atoms with van der Waals surface area (Å²) in [6.07, 6.45) is 5.18. The van der Waals surface area contributed by atoms with Crippen molar-refractivity contribution in [2.75, 3.05) is 26.2 Å². The number of nitrogens with zero attached hydrogens (tertiary/aromatic N) is 1. The van der Waals surface area contributed by atoms with Gasteiger partial charge in [-0.3, -0.25) is 0 Å². The average Bonchev–Trinajstić information content (AvgIpc) is 2.62. The number of benzene rings is 2. The van der Waals surface area contributed by atoms with E-state index in [2.05, 4.69) is 4.90 Å². The number of piperidine rings is 1. The molecule has 0 saturated carbocycles. The molecule has 0 atom stereocenters. The minimum Gasteiger partial charge on any atom is -0.494 e. The summed E-state index contributed by atoms with van der Waals surface area (Å²) in [6.45, 7) is 4.43. The van der Waals surface area contributed by atoms with Gasteiger partial charge in [0, 0.05) is 6.54 Å². The Hall–Kier alpha value is -2.00. The molecule has 1 heterocycles. The predicted octanol–water partition coefficient (Wildman–Crippen LogP) is 4.73. The molecule has 3 rings (SSSR count). The number of hydrogen-bond acceptors (Lipinski definition) is 3. The Morgan fingerprint density at radius 1 is 0.739 bits per heavy atom. The first kappa shape index (κ1) is 15.9. The molecule has 122 valence electrons. The van der Waals surface area contributed by atoms with Crippen LogP contribution < -0.4 is 9.47 Å². The summed E-state index contributed by atoms with van der Waals surface area (Å²) < 4.78 is 11.6. The van der Waals surface area contributed by atoms with Gasteiger partial charge in [0.05, 0.1) is 6.61 Å². The van der Waals surface area contributed by atoms with E-state index in [4.69, 9.17) is 9.47 Å². The van der Waals surface area contributed by atoms with Crippen molar-refractivity contribution in [3.8, 4) is 17.2 Å². The zero-order valence-electron chi connectivity index (χ0n) is 13.6. The summed E-state index contributed by atoms with van der Waals surface area (Å²) in [5, 5.41) is 0. The molecule has 1 aliphatic rings. The average molecular weight is 311 g/mol. The van der Waals surface area contributed by atoms with Crippen molar-refractivity contribution in [1.82, 2.24) is 4.90 Å². The van der Waals surface area contributed by atoms with E-state index >= 15 is 0 Å². The monoisotopic (exact) mass is 311 g/mol. The smallest absolute Gasteiger partial charge is 0.127 e. The lowest BCUT2D eigenvalue weighted by atomic mass is 10.1. The van der Waals surface area contributed by atoms with E-state index in [9.17, 15) is 0 Å². The second kappa shape index (κ2) is 8.59. The van der Waals surface area contributed by atoms with Crippen molar-refractivity contribution >= 4 is 0 Å². The fourth-order valence-corrected chi connectivity index (χ4v) is 2.89. The first-order valence-corrected chi connectivity index (χ1v) is 8.58. The lowest BCUT2D eigenvalue weighted by Gasteiger charge is -2.26. The van der Waals surface area contributed by atoms with Crippen molar-refractivity contribution in [1.29, 1.82) is 0 Å². The molecule has 1 aliphatic heterocycles. The van der Waals surface area contributed by atoms with E-state index in [0.717, 1.165) is 36.8 Å². The van der Waals surface area contributed by atoms with Crippen molar-refractivity contribution in [2.45, 2.75) is 25.7 Å². The predicted molar refractivity (Wildman–Crippen MR) is 93.4 cm³/mol. The number of rotatable bonds is 7. The summed E-state index contributed by atoms with van der Waals surface area (Å²) in [5.41, 5.74) is 0. The van der Waals surface area contributed by atoms with Crippen LogP contribution in [-0.4, -0.2) is 31.1 Å². The Morgan fingerprint density at radius 3 is 2.13 bits per heavy atom. The second-order valence-corrected chi connectivity index (χ2v) is 5.99. The molecule has 23 heavy (non-hydrogen) atoms. The van der Waals surface area contributed by atoms with Gasteiger partial charge in [-0.2, -0.15) is 0 Å². The van der Waals surface area contributed by atoms with Crippen LogP contribution in [0.1, 0.15) is 25.7 Å². The number of ether oxygens (including phenoxy) is 2. The molecule has 0 bridgehead atoms. The van der Waals surface area contributed by atoms with E-state index in [-0.39, 0.29) is 0 Å². The van der Waals surface area contributed by atoms with Crippen molar-refractivity contribution in [3.05, 3.63) is 54.6 Å². The SMILES string of the molecule is c1ccc(Oc2ccc(OCCCN3CCCCC3)cc2)cc1. The highest BCUT2D eigenvalue weighted by atomic mass is 16.5. The molecule has 2 aromatic carbocycles. The molecule has 0 amide bonds. The second-order valence-electron chi connectivity index (χ2n) is 5.99. The maximum atomic E-state index is 5.82. The van der Waals surface area contributed by atoms with Gasteiger partial charge < -0.3 is 14.4 Å². The van der Waals surface area contributed by atoms with Gasteiger partial charge >= 0.3 is 0 Å². The van der Waals surface area contributed by atoms with Crippen LogP contribution in [0.25, 0.3) is 0 Å². The van der Waals surface area contributed by atoms with Gasteiger partial charge in [-0.25, -0.2) is 0 Å². The normalized spacial score (nSPS) is 15.3. The third-order valence-corrected chi connectivity index (χ3v) is 4.14. The largest absolute Gasteiger partial charge is 0.494 e. The summed E-state index contributed by atoms with van der Waals surface area (Å²) in [6, 6.07) is 17.7. The highest BCUT2D eigenvalue weighted by molar-refractivity contribution is 5.35. The molecule has 0 N–H and O–H groups in total. The lowest BCUT2D eigenvalue weighted by Crippen LogP contribution is -2.31. The van der Waals surface area contributed by atoms with E-state index in [1.54, 1.807) is 0 Å². The Bertz CT molecular complexity index is 562. The fraction of sp³-hybridized carbons (Fsp3) is 0.400. The maximum Gasteiger partial charge on any atom is 0.127 e. The highest BCUT2D eigenvalue weighted by Crippen LogP contribution is 2.23. The third-order valence-electron chi connectivity index (χ3n) is 4.14. The molecule has 0 aliphatic carbocycles. The topological polar surface area (TPSA) is 21.7 Å². The number of likely N-dealkylation sites (tertiary alicyclic amines) is 1. The van der Waals surface area contributed by atoms with E-state index in [0.29, 0.717) is 0 Å². The van der Waals surface area contributed by atoms with Crippen LogP contribution >= 0.6 is 0 Å². The molecule has 2 aromatic rings. The van der Waals surface area contributed by atoms with Gasteiger partial charge in [-0.05, 0) is 68.8 Å². The van der Waals surface area contributed by atoms with Gasteiger partial charge in [0.1, 0.15) is 17.2 Å². The van der Waals surface area contributed by atoms with Crippen molar-refractivity contribution in [2.24, 2.45) is 0 Å². The van der Waals surface area contributed by atoms with Gasteiger partial charge in [0.15, 0.2) is 0 Å². The van der Waals surface area contributed by atoms with Gasteiger partial charge in [0.25, 0.3) is 0 Å². The molecule has 1 fully saturated rings. The molecule has 0 radical (unpaired) electrons. The minimum absolute atomic E-state index is 0.773. The zero-order valence-corrected chi connectivity index (χ0v) is 13.6. The standard InChI is InChI=1S/C20H25NO2/c1-3-8-19(9-4-1)23-20-12-10-18(11-13-20)22-17-7-16-21-14-5-2-6-15-21/h1,3-4,8-13H,2,5-7,14-17H2. The molecule has 0 unspecified atom stereocenters. The van der Waals surface area contributed by atoms with E-state index < -0.39 is 0 Å². The van der Waals surface area contributed by atoms with Gasteiger partial charge in [0.2, 0.25) is 0 Å². The first-order valence-electron chi connectivity index (χ1n) is 8.58. The Kier molecular flexibility index (Phi) is 5.93. The van der Waals surface area contributed by atoms with Gasteiger partial charge in [-0.1, -0.05) is 24.6 Å². The first-order chi connectivity index (χ1) is 11.4. The van der Waals surface area contributed by atoms with Crippen LogP contribution in [0.2, 0.25) is 0 Å². The summed E-state index contributed by atoms with van der Waals surface area (Å²) in [4.78, 5) is 2.55. The third kappa shape index (κ3) is 5.29. The van der Waals surface area contributed by atoms with Gasteiger partial charge in [-0.15, -0.1) is 0 Å². The number of para-hydroxylation sites is 1. The Balaban J connectivity index is 1.39. The minimum atomic E-state index is 0.773. The van der Waals surface area contributed by atoms with E-state index in [1.165, 1.54) is 32.4 Å². The van der Waals surface area contributed by atoms with Crippen LogP contribution in [-0.2, 0) is 0 Å². The molecule has 1 saturated heterocycles. The van der Waals surface area contributed by atoms with Crippen molar-refractivity contribution < 1.29 is 9.47 Å². The maximum absolute atomic E-state index is 5.82. The highest BCUT2D eigenvalue weighted by Gasteiger charge is 2.09. The fourth-order valence-electron chi connectivity index (χ4n) is 2.89. The summed E-state index contributed by atoms with van der Waals surface area (Å²) >= 11 is 0. The van der Waals surface area contributed by atoms with E-state index in [1.807, 2.05) is 54.6 Å². The van der Waals surface area contributed by atoms with Crippen LogP contribution in [0.5, 0.6) is 17.2 Å². The Morgan fingerprint density at radius 2 is 1.39 bits per heavy atom.